The van der Waals surface area contributed by atoms with E-state index >= 15 is 0 Å². The Morgan fingerprint density at radius 3 is 2.22 bits per heavy atom. The molecule has 18 heavy (non-hydrogen) atoms. The molecule has 0 saturated carbocycles. The minimum Gasteiger partial charge on any atom is -0.684 e. The summed E-state index contributed by atoms with van der Waals surface area (Å²) in [6.07, 6.45) is 2.65. The van der Waals surface area contributed by atoms with Crippen LogP contribution in [0.5, 0.6) is 0 Å². The van der Waals surface area contributed by atoms with Crippen LogP contribution in [-0.4, -0.2) is 22.7 Å². The second-order valence-electron chi connectivity index (χ2n) is 4.16. The molecule has 0 aliphatic heterocycles. The van der Waals surface area contributed by atoms with Gasteiger partial charge in [-0.25, -0.2) is 0 Å². The van der Waals surface area contributed by atoms with Crippen molar-refractivity contribution in [3.05, 3.63) is 29.6 Å². The number of nitrogens with zero attached hydrogens (tertiary/aromatic N) is 1. The van der Waals surface area contributed by atoms with Gasteiger partial charge in [-0.3, -0.25) is 5.73 Å². The molecule has 1 aromatic rings. The van der Waals surface area contributed by atoms with Crippen LogP contribution in [0.25, 0.3) is 5.32 Å². The van der Waals surface area contributed by atoms with Gasteiger partial charge in [0, 0.05) is 12.1 Å². The Morgan fingerprint density at radius 2 is 1.67 bits per heavy atom. The predicted octanol–water partition coefficient (Wildman–Crippen LogP) is -1.56. The summed E-state index contributed by atoms with van der Waals surface area (Å²) in [4.78, 5) is 0. The number of benzene rings is 1. The van der Waals surface area contributed by atoms with Crippen LogP contribution < -0.4 is 62.9 Å². The van der Waals surface area contributed by atoms with Crippen LogP contribution in [0.1, 0.15) is 25.7 Å². The van der Waals surface area contributed by atoms with Crippen LogP contribution in [0.4, 0.5) is 11.4 Å². The second kappa shape index (κ2) is 9.27. The van der Waals surface area contributed by atoms with E-state index in [9.17, 15) is 0 Å². The van der Waals surface area contributed by atoms with Gasteiger partial charge in [0.25, 0.3) is 0 Å². The number of nitrogen functional groups attached to an aromatic ring is 1. The molecule has 96 valence electrons. The molecule has 0 unspecified atom stereocenters. The molecule has 0 radical (unpaired) electrons. The summed E-state index contributed by atoms with van der Waals surface area (Å²) in [6.45, 7) is 0.721. The van der Waals surface area contributed by atoms with Gasteiger partial charge in [0.05, 0.1) is 0 Å². The third kappa shape index (κ3) is 9.29. The van der Waals surface area contributed by atoms with Gasteiger partial charge in [-0.15, -0.1) is 12.2 Å². The summed E-state index contributed by atoms with van der Waals surface area (Å²) >= 11 is 0. The zero-order chi connectivity index (χ0) is 12.7. The van der Waals surface area contributed by atoms with E-state index in [1.165, 1.54) is 0 Å². The van der Waals surface area contributed by atoms with Gasteiger partial charge in [0.1, 0.15) is 0 Å². The van der Waals surface area contributed by atoms with Crippen molar-refractivity contribution in [2.24, 2.45) is 5.73 Å². The first kappa shape index (κ1) is 18.3. The van der Waals surface area contributed by atoms with Gasteiger partial charge in [-0.1, -0.05) is 25.0 Å². The quantitative estimate of drug-likeness (QED) is 0.209. The Balaban J connectivity index is 0.00000289. The van der Waals surface area contributed by atoms with Crippen LogP contribution in [0.3, 0.4) is 0 Å². The Morgan fingerprint density at radius 1 is 1.06 bits per heavy atom. The average Bonchev–Trinajstić information content (AvgIpc) is 2.24. The maximum absolute atomic E-state index is 8.88. The number of rotatable bonds is 7. The maximum atomic E-state index is 8.88. The van der Waals surface area contributed by atoms with Crippen LogP contribution >= 0.6 is 0 Å². The Hall–Kier alpha value is 0.336. The fraction of sp³-hybridized carbons (Fsp3) is 0.500. The van der Waals surface area contributed by atoms with Crippen molar-refractivity contribution in [1.82, 2.24) is 0 Å². The number of unbranched alkanes of at least 4 members (excludes halogenated alkanes) is 2. The van der Waals surface area contributed by atoms with Gasteiger partial charge >= 0.3 is 51.4 Å². The SMILES string of the molecule is Nc1ccc([N-]CCCCCC(N)(O)O)cc1.[K+]. The molecule has 0 aliphatic rings. The second-order valence-corrected chi connectivity index (χ2v) is 4.16. The summed E-state index contributed by atoms with van der Waals surface area (Å²) < 4.78 is 0. The van der Waals surface area contributed by atoms with Gasteiger partial charge in [0.2, 0.25) is 5.91 Å². The molecule has 0 atom stereocenters. The zero-order valence-electron chi connectivity index (χ0n) is 10.8. The van der Waals surface area contributed by atoms with E-state index in [1.807, 2.05) is 24.3 Å². The number of hydrogen-bond donors (Lipinski definition) is 4. The first-order valence-corrected chi connectivity index (χ1v) is 5.74. The van der Waals surface area contributed by atoms with Crippen molar-refractivity contribution < 1.29 is 61.6 Å². The largest absolute Gasteiger partial charge is 1.00 e. The van der Waals surface area contributed by atoms with E-state index in [4.69, 9.17) is 21.7 Å². The molecule has 0 aromatic heterocycles. The molecule has 0 amide bonds. The summed E-state index contributed by atoms with van der Waals surface area (Å²) in [7, 11) is 0. The maximum Gasteiger partial charge on any atom is 1.00 e. The van der Waals surface area contributed by atoms with Gasteiger partial charge in [-0.05, 0) is 18.6 Å². The van der Waals surface area contributed by atoms with Gasteiger partial charge in [0.15, 0.2) is 0 Å². The molecule has 6 N–H and O–H groups in total. The molecule has 0 spiro atoms. The molecule has 6 heteroatoms. The van der Waals surface area contributed by atoms with E-state index in [1.54, 1.807) is 0 Å². The van der Waals surface area contributed by atoms with E-state index in [2.05, 4.69) is 5.32 Å². The fourth-order valence-electron chi connectivity index (χ4n) is 1.46. The normalized spacial score (nSPS) is 10.8. The molecule has 0 aliphatic carbocycles. The number of aliphatic hydroxyl groups is 2. The van der Waals surface area contributed by atoms with E-state index < -0.39 is 5.91 Å². The molecule has 0 fully saturated rings. The molecular formula is C12H20KN3O2. The standard InChI is InChI=1S/C12H20N3O2.K/c13-10-4-6-11(7-5-10)15-9-3-1-2-8-12(14,16)17;/h4-7,16-17H,1-3,8-9,13-14H2;/q-1;+1. The topological polar surface area (TPSA) is 107 Å². The molecule has 1 rings (SSSR count). The van der Waals surface area contributed by atoms with Crippen molar-refractivity contribution >= 4 is 11.4 Å². The first-order chi connectivity index (χ1) is 7.97. The molecule has 0 saturated heterocycles. The monoisotopic (exact) mass is 277 g/mol. The third-order valence-corrected chi connectivity index (χ3v) is 2.39. The summed E-state index contributed by atoms with van der Waals surface area (Å²) in [5, 5.41) is 22.1. The number of nitrogens with two attached hydrogens (primary N) is 2. The van der Waals surface area contributed by atoms with Crippen molar-refractivity contribution in [2.75, 3.05) is 12.3 Å². The summed E-state index contributed by atoms with van der Waals surface area (Å²) in [5.41, 5.74) is 12.2. The average molecular weight is 277 g/mol. The molecular weight excluding hydrogens is 257 g/mol. The van der Waals surface area contributed by atoms with Gasteiger partial charge < -0.3 is 21.3 Å². The zero-order valence-corrected chi connectivity index (χ0v) is 14.0. The smallest absolute Gasteiger partial charge is 0.684 e. The molecule has 1 aromatic carbocycles. The van der Waals surface area contributed by atoms with Crippen molar-refractivity contribution in [1.29, 1.82) is 0 Å². The summed E-state index contributed by atoms with van der Waals surface area (Å²) in [5.74, 6) is -2.03. The number of anilines is 1. The minimum absolute atomic E-state index is 0. The molecule has 5 nitrogen and oxygen atoms in total. The summed E-state index contributed by atoms with van der Waals surface area (Å²) in [6, 6.07) is 7.39. The Bertz CT molecular complexity index is 325. The number of hydrogen-bond acceptors (Lipinski definition) is 4. The van der Waals surface area contributed by atoms with E-state index in [0.29, 0.717) is 6.42 Å². The van der Waals surface area contributed by atoms with E-state index in [-0.39, 0.29) is 57.8 Å². The van der Waals surface area contributed by atoms with Crippen LogP contribution in [0.2, 0.25) is 0 Å². The minimum atomic E-state index is -2.03. The fourth-order valence-corrected chi connectivity index (χ4v) is 1.46. The van der Waals surface area contributed by atoms with Crippen LogP contribution in [0, 0.1) is 0 Å². The molecule has 0 bridgehead atoms. The van der Waals surface area contributed by atoms with Crippen molar-refractivity contribution in [3.8, 4) is 0 Å². The molecule has 0 heterocycles. The predicted molar refractivity (Wildman–Crippen MR) is 68.6 cm³/mol. The Labute approximate surface area is 150 Å². The van der Waals surface area contributed by atoms with Gasteiger partial charge in [-0.2, -0.15) is 0 Å². The first-order valence-electron chi connectivity index (χ1n) is 5.74. The van der Waals surface area contributed by atoms with Crippen LogP contribution in [0.15, 0.2) is 24.3 Å². The third-order valence-electron chi connectivity index (χ3n) is 2.39. The van der Waals surface area contributed by atoms with Crippen molar-refractivity contribution in [2.45, 2.75) is 31.6 Å². The van der Waals surface area contributed by atoms with Crippen LogP contribution in [-0.2, 0) is 0 Å². The van der Waals surface area contributed by atoms with E-state index in [0.717, 1.165) is 30.8 Å². The van der Waals surface area contributed by atoms with Crippen molar-refractivity contribution in [3.63, 3.8) is 0 Å². The Kier molecular flexibility index (Phi) is 9.45.